The Labute approximate surface area is 168 Å². The van der Waals surface area contributed by atoms with E-state index in [0.717, 1.165) is 5.57 Å². The minimum absolute atomic E-state index is 0.262. The Hall–Kier alpha value is -2.86. The first-order chi connectivity index (χ1) is 13.1. The fourth-order valence-electron chi connectivity index (χ4n) is 2.11. The van der Waals surface area contributed by atoms with Crippen molar-refractivity contribution in [1.29, 1.82) is 0 Å². The van der Waals surface area contributed by atoms with Crippen molar-refractivity contribution >= 4 is 12.0 Å². The fraction of sp³-hybridized carbons (Fsp3) is 0.364. The second-order valence-corrected chi connectivity index (χ2v) is 6.87. The number of rotatable bonds is 10. The number of aliphatic hydroxyl groups is 1. The highest BCUT2D eigenvalue weighted by Gasteiger charge is 2.19. The van der Waals surface area contributed by atoms with Gasteiger partial charge in [0.05, 0.1) is 12.6 Å². The van der Waals surface area contributed by atoms with E-state index in [0.29, 0.717) is 12.1 Å². The lowest BCUT2D eigenvalue weighted by atomic mass is 10.1. The van der Waals surface area contributed by atoms with E-state index in [1.165, 1.54) is 11.0 Å². The molecular formula is C22H32N2O4. The molecule has 1 unspecified atom stereocenters. The number of amides is 2. The van der Waals surface area contributed by atoms with Crippen molar-refractivity contribution in [2.24, 2.45) is 0 Å². The van der Waals surface area contributed by atoms with Gasteiger partial charge >= 0.3 is 6.09 Å². The molecule has 0 saturated carbocycles. The molecule has 2 N–H and O–H groups in total. The molecule has 0 fully saturated rings. The molecule has 0 aliphatic carbocycles. The second kappa shape index (κ2) is 12.5. The molecule has 0 radical (unpaired) electrons. The lowest BCUT2D eigenvalue weighted by molar-refractivity contribution is -0.121. The van der Waals surface area contributed by atoms with E-state index in [1.54, 1.807) is 64.3 Å². The predicted octanol–water partition coefficient (Wildman–Crippen LogP) is 3.99. The van der Waals surface area contributed by atoms with Gasteiger partial charge in [0.2, 0.25) is 0 Å². The van der Waals surface area contributed by atoms with Crippen LogP contribution in [0.2, 0.25) is 0 Å². The van der Waals surface area contributed by atoms with Gasteiger partial charge in [0.25, 0.3) is 5.91 Å². The van der Waals surface area contributed by atoms with E-state index in [1.807, 2.05) is 0 Å². The Morgan fingerprint density at radius 2 is 1.79 bits per heavy atom. The maximum absolute atomic E-state index is 12.0. The summed E-state index contributed by atoms with van der Waals surface area (Å²) in [5.74, 6) is -0.294. The third-order valence-corrected chi connectivity index (χ3v) is 3.35. The molecule has 0 aromatic carbocycles. The summed E-state index contributed by atoms with van der Waals surface area (Å²) in [4.78, 5) is 25.3. The van der Waals surface area contributed by atoms with Gasteiger partial charge < -0.3 is 15.2 Å². The monoisotopic (exact) mass is 388 g/mol. The Balaban J connectivity index is 5.41. The average Bonchev–Trinajstić information content (AvgIpc) is 2.63. The standard InChI is InChI=1S/C22H32N2O4/c1-8-14-24(20(26)11-4)19(10-3)13-12-17(9-2)15-18(16-25)23-21(27)28-22(5,6)7/h8-14,18,25H,2-4,15-16H2,1,5-7H3,(H,23,27)/b14-8-,17-12+,19-13+. The fourth-order valence-corrected chi connectivity index (χ4v) is 2.11. The number of carbonyl (C=O) groups excluding carboxylic acids is 2. The van der Waals surface area contributed by atoms with Crippen molar-refractivity contribution < 1.29 is 19.4 Å². The highest BCUT2D eigenvalue weighted by atomic mass is 16.6. The van der Waals surface area contributed by atoms with Crippen LogP contribution in [0.3, 0.4) is 0 Å². The summed E-state index contributed by atoms with van der Waals surface area (Å²) in [5.41, 5.74) is 0.667. The molecule has 6 nitrogen and oxygen atoms in total. The molecule has 0 aromatic heterocycles. The molecule has 6 heteroatoms. The molecule has 2 amide bonds. The number of hydrogen-bond acceptors (Lipinski definition) is 4. The summed E-state index contributed by atoms with van der Waals surface area (Å²) in [7, 11) is 0. The van der Waals surface area contributed by atoms with Crippen LogP contribution < -0.4 is 5.32 Å². The summed E-state index contributed by atoms with van der Waals surface area (Å²) in [6.45, 7) is 17.8. The van der Waals surface area contributed by atoms with Gasteiger partial charge in [0, 0.05) is 11.9 Å². The molecule has 0 bridgehead atoms. The molecule has 0 heterocycles. The summed E-state index contributed by atoms with van der Waals surface area (Å²) in [6, 6.07) is -0.541. The summed E-state index contributed by atoms with van der Waals surface area (Å²) in [5, 5.41) is 12.2. The van der Waals surface area contributed by atoms with Gasteiger partial charge in [-0.15, -0.1) is 0 Å². The minimum Gasteiger partial charge on any atom is -0.444 e. The number of nitrogens with zero attached hydrogens (tertiary/aromatic N) is 1. The Kier molecular flexibility index (Phi) is 11.2. The normalized spacial score (nSPS) is 13.6. The van der Waals surface area contributed by atoms with Crippen LogP contribution in [0.15, 0.2) is 73.7 Å². The molecule has 0 rings (SSSR count). The first-order valence-electron chi connectivity index (χ1n) is 8.96. The van der Waals surface area contributed by atoms with E-state index >= 15 is 0 Å². The van der Waals surface area contributed by atoms with Gasteiger partial charge in [-0.25, -0.2) is 4.79 Å². The lowest BCUT2D eigenvalue weighted by Gasteiger charge is -2.23. The number of hydrogen-bond donors (Lipinski definition) is 2. The molecule has 0 aliphatic heterocycles. The van der Waals surface area contributed by atoms with Crippen LogP contribution in [0.25, 0.3) is 0 Å². The Morgan fingerprint density at radius 3 is 2.21 bits per heavy atom. The molecular weight excluding hydrogens is 356 g/mol. The van der Waals surface area contributed by atoms with Crippen LogP contribution in [0.5, 0.6) is 0 Å². The van der Waals surface area contributed by atoms with Gasteiger partial charge in [-0.2, -0.15) is 0 Å². The van der Waals surface area contributed by atoms with E-state index in [9.17, 15) is 14.7 Å². The zero-order valence-electron chi connectivity index (χ0n) is 17.3. The number of ether oxygens (including phenoxy) is 1. The van der Waals surface area contributed by atoms with Crippen molar-refractivity contribution in [3.05, 3.63) is 73.7 Å². The number of carbonyl (C=O) groups is 2. The first-order valence-corrected chi connectivity index (χ1v) is 8.96. The maximum atomic E-state index is 12.0. The Morgan fingerprint density at radius 1 is 1.14 bits per heavy atom. The highest BCUT2D eigenvalue weighted by molar-refractivity contribution is 5.89. The van der Waals surface area contributed by atoms with Crippen LogP contribution in [0, 0.1) is 0 Å². The molecule has 0 aliphatic rings. The quantitative estimate of drug-likeness (QED) is 0.438. The molecule has 1 atom stereocenters. The third-order valence-electron chi connectivity index (χ3n) is 3.35. The Bertz CT molecular complexity index is 667. The van der Waals surface area contributed by atoms with Crippen LogP contribution >= 0.6 is 0 Å². The third kappa shape index (κ3) is 9.73. The second-order valence-electron chi connectivity index (χ2n) is 6.87. The maximum Gasteiger partial charge on any atom is 0.407 e. The lowest BCUT2D eigenvalue weighted by Crippen LogP contribution is -2.41. The average molecular weight is 389 g/mol. The minimum atomic E-state index is -0.628. The molecule has 154 valence electrons. The number of alkyl carbamates (subject to hydrolysis) is 1. The highest BCUT2D eigenvalue weighted by Crippen LogP contribution is 2.13. The molecule has 0 saturated heterocycles. The van der Waals surface area contributed by atoms with Gasteiger partial charge in [-0.05, 0) is 57.9 Å². The molecule has 28 heavy (non-hydrogen) atoms. The van der Waals surface area contributed by atoms with E-state index < -0.39 is 17.7 Å². The summed E-state index contributed by atoms with van der Waals surface area (Å²) in [6.07, 6.45) is 10.9. The van der Waals surface area contributed by atoms with Crippen molar-refractivity contribution in [2.45, 2.75) is 45.8 Å². The topological polar surface area (TPSA) is 78.9 Å². The van der Waals surface area contributed by atoms with E-state index in [-0.39, 0.29) is 12.5 Å². The number of nitrogens with one attached hydrogen (secondary N) is 1. The zero-order valence-corrected chi connectivity index (χ0v) is 17.3. The number of aliphatic hydroxyl groups excluding tert-OH is 1. The van der Waals surface area contributed by atoms with Crippen LogP contribution in [0.4, 0.5) is 4.79 Å². The van der Waals surface area contributed by atoms with Crippen LogP contribution in [-0.2, 0) is 9.53 Å². The van der Waals surface area contributed by atoms with Crippen molar-refractivity contribution in [2.75, 3.05) is 6.61 Å². The van der Waals surface area contributed by atoms with Crippen LogP contribution in [0.1, 0.15) is 34.1 Å². The largest absolute Gasteiger partial charge is 0.444 e. The van der Waals surface area contributed by atoms with E-state index in [4.69, 9.17) is 4.74 Å². The van der Waals surface area contributed by atoms with Gasteiger partial charge in [0.1, 0.15) is 5.60 Å². The van der Waals surface area contributed by atoms with Crippen molar-refractivity contribution in [3.8, 4) is 0 Å². The SMILES string of the molecule is C=CC(=O)N(/C=C\C)/C(C=C)=C/C=C(\C=C)CC(CO)NC(=O)OC(C)(C)C. The molecule has 0 aromatic rings. The summed E-state index contributed by atoms with van der Waals surface area (Å²) >= 11 is 0. The van der Waals surface area contributed by atoms with Gasteiger partial charge in [-0.1, -0.05) is 38.0 Å². The smallest absolute Gasteiger partial charge is 0.407 e. The van der Waals surface area contributed by atoms with Gasteiger partial charge in [0.15, 0.2) is 0 Å². The number of allylic oxidation sites excluding steroid dienone is 5. The van der Waals surface area contributed by atoms with Crippen molar-refractivity contribution in [1.82, 2.24) is 10.2 Å². The zero-order chi connectivity index (χ0) is 21.7. The first kappa shape index (κ1) is 25.1. The van der Waals surface area contributed by atoms with E-state index in [2.05, 4.69) is 25.1 Å². The van der Waals surface area contributed by atoms with Crippen molar-refractivity contribution in [3.63, 3.8) is 0 Å². The predicted molar refractivity (Wildman–Crippen MR) is 113 cm³/mol. The van der Waals surface area contributed by atoms with Gasteiger partial charge in [-0.3, -0.25) is 9.69 Å². The molecule has 0 spiro atoms. The summed E-state index contributed by atoms with van der Waals surface area (Å²) < 4.78 is 5.21. The van der Waals surface area contributed by atoms with Crippen LogP contribution in [-0.4, -0.2) is 40.3 Å².